The predicted molar refractivity (Wildman–Crippen MR) is 77.9 cm³/mol. The number of nitrogens with one attached hydrogen (secondary N) is 2. The molecule has 0 saturated heterocycles. The molecule has 1 aromatic heterocycles. The summed E-state index contributed by atoms with van der Waals surface area (Å²) < 4.78 is 1.46. The Kier molecular flexibility index (Phi) is 4.78. The van der Waals surface area contributed by atoms with Gasteiger partial charge in [-0.05, 0) is 26.1 Å². The van der Waals surface area contributed by atoms with E-state index >= 15 is 0 Å². The van der Waals surface area contributed by atoms with Crippen molar-refractivity contribution in [2.75, 3.05) is 12.4 Å². The number of carbonyl (C=O) groups is 2. The maximum absolute atomic E-state index is 12.0. The van der Waals surface area contributed by atoms with Crippen molar-refractivity contribution in [3.8, 4) is 0 Å². The third kappa shape index (κ3) is 3.96. The lowest BCUT2D eigenvalue weighted by Crippen LogP contribution is -2.20. The lowest BCUT2D eigenvalue weighted by Gasteiger charge is -2.08. The van der Waals surface area contributed by atoms with Gasteiger partial charge in [0.25, 0.3) is 0 Å². The molecule has 1 amide bonds. The van der Waals surface area contributed by atoms with Gasteiger partial charge in [-0.15, -0.1) is 5.10 Å². The third-order valence-electron chi connectivity index (χ3n) is 2.83. The van der Waals surface area contributed by atoms with E-state index in [2.05, 4.69) is 20.9 Å². The molecule has 7 heteroatoms. The smallest absolute Gasteiger partial charge is 0.246 e. The zero-order valence-corrected chi connectivity index (χ0v) is 12.0. The second-order valence-corrected chi connectivity index (χ2v) is 4.59. The van der Waals surface area contributed by atoms with Gasteiger partial charge in [0, 0.05) is 12.1 Å². The number of hydrogen-bond acceptors (Lipinski definition) is 5. The van der Waals surface area contributed by atoms with Crippen molar-refractivity contribution < 1.29 is 9.59 Å². The van der Waals surface area contributed by atoms with Crippen LogP contribution in [0.5, 0.6) is 0 Å². The van der Waals surface area contributed by atoms with Crippen LogP contribution in [0.4, 0.5) is 5.69 Å². The van der Waals surface area contributed by atoms with Gasteiger partial charge in [-0.1, -0.05) is 17.3 Å². The summed E-state index contributed by atoms with van der Waals surface area (Å²) in [6, 6.07) is 6.90. The lowest BCUT2D eigenvalue weighted by atomic mass is 10.1. The Balaban J connectivity index is 2.03. The van der Waals surface area contributed by atoms with E-state index in [1.165, 1.54) is 11.6 Å². The summed E-state index contributed by atoms with van der Waals surface area (Å²) in [5.74, 6) is -0.354. The number of para-hydroxylation sites is 1. The number of nitrogens with zero attached hydrogens (tertiary/aromatic N) is 3. The molecule has 0 aliphatic carbocycles. The maximum atomic E-state index is 12.0. The number of ketones is 1. The van der Waals surface area contributed by atoms with Crippen LogP contribution in [0.3, 0.4) is 0 Å². The Morgan fingerprint density at radius 2 is 2.05 bits per heavy atom. The lowest BCUT2D eigenvalue weighted by molar-refractivity contribution is -0.116. The van der Waals surface area contributed by atoms with E-state index in [9.17, 15) is 9.59 Å². The molecular weight excluding hydrogens is 270 g/mol. The fraction of sp³-hybridized carbons (Fsp3) is 0.286. The number of amides is 1. The van der Waals surface area contributed by atoms with Crippen molar-refractivity contribution in [1.82, 2.24) is 20.3 Å². The van der Waals surface area contributed by atoms with Crippen molar-refractivity contribution in [3.63, 3.8) is 0 Å². The van der Waals surface area contributed by atoms with Gasteiger partial charge in [0.05, 0.1) is 17.6 Å². The van der Waals surface area contributed by atoms with Crippen LogP contribution in [0.1, 0.15) is 23.0 Å². The number of anilines is 1. The summed E-state index contributed by atoms with van der Waals surface area (Å²) in [7, 11) is 1.81. The molecule has 1 aromatic carbocycles. The first-order valence-corrected chi connectivity index (χ1v) is 6.53. The number of rotatable bonds is 6. The van der Waals surface area contributed by atoms with Gasteiger partial charge < -0.3 is 10.6 Å². The van der Waals surface area contributed by atoms with Gasteiger partial charge >= 0.3 is 0 Å². The minimum absolute atomic E-state index is 0.0446. The van der Waals surface area contributed by atoms with Crippen molar-refractivity contribution in [2.24, 2.45) is 0 Å². The van der Waals surface area contributed by atoms with E-state index in [0.717, 1.165) is 5.69 Å². The third-order valence-corrected chi connectivity index (χ3v) is 2.83. The molecule has 0 radical (unpaired) electrons. The molecule has 0 bridgehead atoms. The molecule has 7 nitrogen and oxygen atoms in total. The number of Topliss-reactive ketones (excluding diaryl/α,β-unsaturated/α-hetero) is 1. The van der Waals surface area contributed by atoms with Crippen molar-refractivity contribution >= 4 is 17.4 Å². The summed E-state index contributed by atoms with van der Waals surface area (Å²) in [6.45, 7) is 2.10. The molecule has 2 N–H and O–H groups in total. The summed E-state index contributed by atoms with van der Waals surface area (Å²) in [5, 5.41) is 13.5. The van der Waals surface area contributed by atoms with E-state index in [4.69, 9.17) is 0 Å². The quantitative estimate of drug-likeness (QED) is 0.768. The molecule has 0 saturated carbocycles. The number of hydrogen-bond donors (Lipinski definition) is 2. The zero-order valence-electron chi connectivity index (χ0n) is 12.0. The summed E-state index contributed by atoms with van der Waals surface area (Å²) in [4.78, 5) is 23.5. The van der Waals surface area contributed by atoms with Crippen LogP contribution in [0.25, 0.3) is 0 Å². The number of aromatic nitrogens is 3. The fourth-order valence-electron chi connectivity index (χ4n) is 1.91. The van der Waals surface area contributed by atoms with Crippen LogP contribution in [-0.4, -0.2) is 33.7 Å². The topological polar surface area (TPSA) is 88.9 Å². The van der Waals surface area contributed by atoms with Crippen LogP contribution >= 0.6 is 0 Å². The van der Waals surface area contributed by atoms with Crippen LogP contribution in [0.2, 0.25) is 0 Å². The Hall–Kier alpha value is -2.54. The molecule has 2 aromatic rings. The molecule has 0 spiro atoms. The van der Waals surface area contributed by atoms with Gasteiger partial charge in [-0.2, -0.15) is 0 Å². The Bertz CT molecular complexity index is 650. The number of benzene rings is 1. The molecule has 0 unspecified atom stereocenters. The standard InChI is InChI=1S/C14H17N5O2/c1-10(20)12-5-3-4-6-13(12)16-14(21)9-19-8-11(7-15-2)17-18-19/h3-6,8,15H,7,9H2,1-2H3,(H,16,21). The first-order valence-electron chi connectivity index (χ1n) is 6.53. The molecular formula is C14H17N5O2. The highest BCUT2D eigenvalue weighted by Crippen LogP contribution is 2.15. The first kappa shape index (κ1) is 14.9. The van der Waals surface area contributed by atoms with Crippen molar-refractivity contribution in [3.05, 3.63) is 41.7 Å². The zero-order chi connectivity index (χ0) is 15.2. The van der Waals surface area contributed by atoms with Crippen LogP contribution in [-0.2, 0) is 17.9 Å². The van der Waals surface area contributed by atoms with Crippen LogP contribution in [0.15, 0.2) is 30.5 Å². The van der Waals surface area contributed by atoms with Gasteiger partial charge in [0.2, 0.25) is 5.91 Å². The van der Waals surface area contributed by atoms with E-state index in [-0.39, 0.29) is 18.2 Å². The van der Waals surface area contributed by atoms with Crippen molar-refractivity contribution in [1.29, 1.82) is 0 Å². The largest absolute Gasteiger partial charge is 0.324 e. The highest BCUT2D eigenvalue weighted by Gasteiger charge is 2.10. The molecule has 0 fully saturated rings. The molecule has 0 aliphatic heterocycles. The van der Waals surface area contributed by atoms with Gasteiger partial charge in [0.15, 0.2) is 5.78 Å². The average Bonchev–Trinajstić information content (AvgIpc) is 2.86. The van der Waals surface area contributed by atoms with Gasteiger partial charge in [-0.3, -0.25) is 9.59 Å². The average molecular weight is 287 g/mol. The molecule has 110 valence electrons. The van der Waals surface area contributed by atoms with E-state index in [1.807, 2.05) is 7.05 Å². The Morgan fingerprint density at radius 1 is 1.29 bits per heavy atom. The van der Waals surface area contributed by atoms with E-state index in [1.54, 1.807) is 30.5 Å². The van der Waals surface area contributed by atoms with E-state index in [0.29, 0.717) is 17.8 Å². The summed E-state index contributed by atoms with van der Waals surface area (Å²) in [5.41, 5.74) is 1.75. The Labute approximate surface area is 122 Å². The summed E-state index contributed by atoms with van der Waals surface area (Å²) >= 11 is 0. The van der Waals surface area contributed by atoms with Crippen LogP contribution < -0.4 is 10.6 Å². The van der Waals surface area contributed by atoms with Crippen molar-refractivity contribution in [2.45, 2.75) is 20.0 Å². The Morgan fingerprint density at radius 3 is 2.76 bits per heavy atom. The summed E-state index contributed by atoms with van der Waals surface area (Å²) in [6.07, 6.45) is 1.70. The molecule has 0 atom stereocenters. The first-order chi connectivity index (χ1) is 10.1. The predicted octanol–water partition coefficient (Wildman–Crippen LogP) is 0.839. The normalized spacial score (nSPS) is 10.4. The molecule has 2 rings (SSSR count). The van der Waals surface area contributed by atoms with Gasteiger partial charge in [0.1, 0.15) is 6.54 Å². The molecule has 0 aliphatic rings. The fourth-order valence-corrected chi connectivity index (χ4v) is 1.91. The minimum Gasteiger partial charge on any atom is -0.324 e. The van der Waals surface area contributed by atoms with Gasteiger partial charge in [-0.25, -0.2) is 4.68 Å². The molecule has 21 heavy (non-hydrogen) atoms. The maximum Gasteiger partial charge on any atom is 0.246 e. The minimum atomic E-state index is -0.260. The van der Waals surface area contributed by atoms with E-state index < -0.39 is 0 Å². The van der Waals surface area contributed by atoms with Crippen LogP contribution in [0, 0.1) is 0 Å². The SMILES string of the molecule is CNCc1cn(CC(=O)Nc2ccccc2C(C)=O)nn1. The highest BCUT2D eigenvalue weighted by atomic mass is 16.2. The monoisotopic (exact) mass is 287 g/mol. The second-order valence-electron chi connectivity index (χ2n) is 4.59. The molecule has 1 heterocycles. The second kappa shape index (κ2) is 6.76. The number of carbonyl (C=O) groups excluding carboxylic acids is 2. The highest BCUT2D eigenvalue weighted by molar-refractivity contribution is 6.03.